The van der Waals surface area contributed by atoms with Crippen LogP contribution in [0.2, 0.25) is 0 Å². The van der Waals surface area contributed by atoms with Gasteiger partial charge < -0.3 is 10.1 Å². The summed E-state index contributed by atoms with van der Waals surface area (Å²) in [6.07, 6.45) is 8.82. The zero-order valence-corrected chi connectivity index (χ0v) is 13.5. The summed E-state index contributed by atoms with van der Waals surface area (Å²) >= 11 is 0. The Balaban J connectivity index is 1.91. The van der Waals surface area contributed by atoms with Gasteiger partial charge in [-0.3, -0.25) is 0 Å². The van der Waals surface area contributed by atoms with Crippen LogP contribution in [-0.4, -0.2) is 12.1 Å². The number of ether oxygens (including phenoxy) is 1. The summed E-state index contributed by atoms with van der Waals surface area (Å²) in [5.41, 5.74) is 1.43. The quantitative estimate of drug-likeness (QED) is 0.855. The Bertz CT molecular complexity index is 472. The van der Waals surface area contributed by atoms with Gasteiger partial charge in [0.05, 0.1) is 0 Å². The van der Waals surface area contributed by atoms with Crippen molar-refractivity contribution in [3.05, 3.63) is 29.8 Å². The highest BCUT2D eigenvalue weighted by molar-refractivity contribution is 5.39. The first kappa shape index (κ1) is 14.9. The van der Waals surface area contributed by atoms with E-state index < -0.39 is 0 Å². The lowest BCUT2D eigenvalue weighted by Crippen LogP contribution is -2.51. The zero-order valence-electron chi connectivity index (χ0n) is 13.5. The Morgan fingerprint density at radius 2 is 2.10 bits per heavy atom. The SMILES string of the molecule is CCCNC1CC2(CCCCC2CC)Oc2ccccc21. The zero-order chi connectivity index (χ0) is 14.7. The van der Waals surface area contributed by atoms with Crippen molar-refractivity contribution in [3.8, 4) is 5.75 Å². The van der Waals surface area contributed by atoms with Crippen molar-refractivity contribution in [2.75, 3.05) is 6.54 Å². The van der Waals surface area contributed by atoms with E-state index in [2.05, 4.69) is 43.4 Å². The molecule has 21 heavy (non-hydrogen) atoms. The molecule has 1 saturated carbocycles. The molecule has 1 aromatic carbocycles. The second-order valence-corrected chi connectivity index (χ2v) is 6.77. The fraction of sp³-hybridized carbons (Fsp3) is 0.684. The van der Waals surface area contributed by atoms with Crippen LogP contribution >= 0.6 is 0 Å². The van der Waals surface area contributed by atoms with E-state index >= 15 is 0 Å². The molecule has 3 rings (SSSR count). The first-order chi connectivity index (χ1) is 10.3. The van der Waals surface area contributed by atoms with Crippen LogP contribution in [0.5, 0.6) is 5.75 Å². The molecular weight excluding hydrogens is 258 g/mol. The summed E-state index contributed by atoms with van der Waals surface area (Å²) in [7, 11) is 0. The lowest BCUT2D eigenvalue weighted by molar-refractivity contribution is -0.0524. The molecule has 0 amide bonds. The third-order valence-corrected chi connectivity index (χ3v) is 5.44. The Labute approximate surface area is 129 Å². The van der Waals surface area contributed by atoms with E-state index in [0.717, 1.165) is 18.7 Å². The van der Waals surface area contributed by atoms with Gasteiger partial charge in [-0.2, -0.15) is 0 Å². The second-order valence-electron chi connectivity index (χ2n) is 6.77. The van der Waals surface area contributed by atoms with E-state index in [9.17, 15) is 0 Å². The lowest BCUT2D eigenvalue weighted by atomic mass is 9.69. The summed E-state index contributed by atoms with van der Waals surface area (Å²) in [4.78, 5) is 0. The molecule has 1 aliphatic carbocycles. The molecule has 2 heteroatoms. The minimum Gasteiger partial charge on any atom is -0.487 e. The maximum Gasteiger partial charge on any atom is 0.124 e. The highest BCUT2D eigenvalue weighted by Crippen LogP contribution is 2.49. The predicted molar refractivity (Wildman–Crippen MR) is 87.7 cm³/mol. The van der Waals surface area contributed by atoms with Crippen LogP contribution in [-0.2, 0) is 0 Å². The van der Waals surface area contributed by atoms with Crippen LogP contribution in [0.25, 0.3) is 0 Å². The van der Waals surface area contributed by atoms with Gasteiger partial charge in [0.2, 0.25) is 0 Å². The van der Waals surface area contributed by atoms with Crippen molar-refractivity contribution in [2.45, 2.75) is 70.4 Å². The fourth-order valence-electron chi connectivity index (χ4n) is 4.34. The van der Waals surface area contributed by atoms with Gasteiger partial charge in [0.25, 0.3) is 0 Å². The first-order valence-electron chi connectivity index (χ1n) is 8.80. The Kier molecular flexibility index (Phi) is 4.54. The molecule has 1 heterocycles. The highest BCUT2D eigenvalue weighted by Gasteiger charge is 2.46. The Morgan fingerprint density at radius 1 is 1.24 bits per heavy atom. The van der Waals surface area contributed by atoms with Crippen molar-refractivity contribution in [2.24, 2.45) is 5.92 Å². The number of benzene rings is 1. The minimum atomic E-state index is 0.0762. The van der Waals surface area contributed by atoms with Gasteiger partial charge in [0, 0.05) is 18.0 Å². The van der Waals surface area contributed by atoms with E-state index in [0.29, 0.717) is 12.0 Å². The molecule has 0 saturated heterocycles. The average Bonchev–Trinajstić information content (AvgIpc) is 2.53. The van der Waals surface area contributed by atoms with Gasteiger partial charge >= 0.3 is 0 Å². The van der Waals surface area contributed by atoms with Gasteiger partial charge in [-0.1, -0.05) is 38.5 Å². The molecule has 3 atom stereocenters. The minimum absolute atomic E-state index is 0.0762. The summed E-state index contributed by atoms with van der Waals surface area (Å²) in [6.45, 7) is 5.66. The average molecular weight is 287 g/mol. The van der Waals surface area contributed by atoms with Gasteiger partial charge in [-0.05, 0) is 50.6 Å². The third-order valence-electron chi connectivity index (χ3n) is 5.44. The molecule has 1 spiro atoms. The Morgan fingerprint density at radius 3 is 2.90 bits per heavy atom. The molecule has 116 valence electrons. The molecule has 1 fully saturated rings. The Hall–Kier alpha value is -1.02. The number of rotatable bonds is 4. The number of nitrogens with one attached hydrogen (secondary N) is 1. The molecule has 1 N–H and O–H groups in total. The van der Waals surface area contributed by atoms with Crippen molar-refractivity contribution < 1.29 is 4.74 Å². The molecule has 0 bridgehead atoms. The standard InChI is InChI=1S/C19H29NO/c1-3-13-20-17-14-19(12-8-7-9-15(19)4-2)21-18-11-6-5-10-16(17)18/h5-6,10-11,15,17,20H,3-4,7-9,12-14H2,1-2H3. The maximum absolute atomic E-state index is 6.63. The van der Waals surface area contributed by atoms with Crippen LogP contribution in [0.15, 0.2) is 24.3 Å². The van der Waals surface area contributed by atoms with Gasteiger partial charge in [0.1, 0.15) is 11.4 Å². The maximum atomic E-state index is 6.63. The fourth-order valence-corrected chi connectivity index (χ4v) is 4.34. The summed E-state index contributed by atoms with van der Waals surface area (Å²) in [5.74, 6) is 1.84. The van der Waals surface area contributed by atoms with E-state index in [1.165, 1.54) is 44.1 Å². The van der Waals surface area contributed by atoms with Crippen LogP contribution in [0.4, 0.5) is 0 Å². The van der Waals surface area contributed by atoms with Gasteiger partial charge in [-0.15, -0.1) is 0 Å². The number of para-hydroxylation sites is 1. The van der Waals surface area contributed by atoms with E-state index in [1.807, 2.05) is 0 Å². The molecule has 0 aromatic heterocycles. The largest absolute Gasteiger partial charge is 0.487 e. The molecule has 0 radical (unpaired) electrons. The second kappa shape index (κ2) is 6.39. The predicted octanol–water partition coefficient (Wildman–Crippen LogP) is 4.85. The van der Waals surface area contributed by atoms with E-state index in [4.69, 9.17) is 4.74 Å². The van der Waals surface area contributed by atoms with Gasteiger partial charge in [-0.25, -0.2) is 0 Å². The van der Waals surface area contributed by atoms with Gasteiger partial charge in [0.15, 0.2) is 0 Å². The van der Waals surface area contributed by atoms with Crippen LogP contribution < -0.4 is 10.1 Å². The van der Waals surface area contributed by atoms with E-state index in [-0.39, 0.29) is 5.60 Å². The smallest absolute Gasteiger partial charge is 0.124 e. The van der Waals surface area contributed by atoms with Crippen molar-refractivity contribution in [3.63, 3.8) is 0 Å². The number of fused-ring (bicyclic) bond motifs is 1. The topological polar surface area (TPSA) is 21.3 Å². The first-order valence-corrected chi connectivity index (χ1v) is 8.80. The molecule has 2 nitrogen and oxygen atoms in total. The third kappa shape index (κ3) is 2.83. The van der Waals surface area contributed by atoms with Crippen LogP contribution in [0.1, 0.15) is 70.4 Å². The molecule has 1 aromatic rings. The highest BCUT2D eigenvalue weighted by atomic mass is 16.5. The normalized spacial score (nSPS) is 31.7. The molecule has 2 aliphatic rings. The number of hydrogen-bond acceptors (Lipinski definition) is 2. The van der Waals surface area contributed by atoms with Crippen molar-refractivity contribution in [1.29, 1.82) is 0 Å². The van der Waals surface area contributed by atoms with Crippen molar-refractivity contribution >= 4 is 0 Å². The summed E-state index contributed by atoms with van der Waals surface area (Å²) in [5, 5.41) is 3.76. The van der Waals surface area contributed by atoms with Crippen LogP contribution in [0, 0.1) is 5.92 Å². The number of hydrogen-bond donors (Lipinski definition) is 1. The monoisotopic (exact) mass is 287 g/mol. The van der Waals surface area contributed by atoms with Crippen LogP contribution in [0.3, 0.4) is 0 Å². The molecule has 1 aliphatic heterocycles. The van der Waals surface area contributed by atoms with E-state index in [1.54, 1.807) is 0 Å². The van der Waals surface area contributed by atoms with Crippen molar-refractivity contribution in [1.82, 2.24) is 5.32 Å². The molecular formula is C19H29NO. The summed E-state index contributed by atoms with van der Waals surface area (Å²) < 4.78 is 6.63. The summed E-state index contributed by atoms with van der Waals surface area (Å²) in [6, 6.07) is 9.11. The lowest BCUT2D eigenvalue weighted by Gasteiger charge is -2.49. The molecule has 3 unspecified atom stereocenters.